The summed E-state index contributed by atoms with van der Waals surface area (Å²) in [6, 6.07) is 24.4. The van der Waals surface area contributed by atoms with Crippen LogP contribution in [0.2, 0.25) is 5.02 Å². The second-order valence-corrected chi connectivity index (χ2v) is 9.30. The Morgan fingerprint density at radius 1 is 0.889 bits per heavy atom. The molecule has 1 saturated heterocycles. The van der Waals surface area contributed by atoms with Gasteiger partial charge in [0.05, 0.1) is 5.69 Å². The minimum atomic E-state index is -0.826. The van der Waals surface area contributed by atoms with Crippen LogP contribution in [0.4, 0.5) is 10.5 Å². The zero-order valence-electron chi connectivity index (χ0n) is 18.7. The number of hydrogen-bond acceptors (Lipinski definition) is 4. The summed E-state index contributed by atoms with van der Waals surface area (Å²) in [7, 11) is 0. The van der Waals surface area contributed by atoms with Crippen molar-refractivity contribution >= 4 is 67.9 Å². The number of carbonyl (C=O) groups excluding carboxylic acids is 3. The van der Waals surface area contributed by atoms with Gasteiger partial charge in [-0.25, -0.2) is 9.69 Å². The zero-order valence-corrected chi connectivity index (χ0v) is 21.0. The van der Waals surface area contributed by atoms with Gasteiger partial charge < -0.3 is 4.74 Å². The molecule has 0 aromatic heterocycles. The van der Waals surface area contributed by atoms with Crippen molar-refractivity contribution in [2.75, 3.05) is 4.90 Å². The van der Waals surface area contributed by atoms with E-state index in [9.17, 15) is 14.4 Å². The molecule has 0 aliphatic carbocycles. The predicted molar refractivity (Wildman–Crippen MR) is 143 cm³/mol. The molecule has 0 bridgehead atoms. The van der Waals surface area contributed by atoms with Gasteiger partial charge in [0.25, 0.3) is 11.8 Å². The number of anilines is 1. The van der Waals surface area contributed by atoms with E-state index in [1.165, 1.54) is 18.2 Å². The SMILES string of the molecule is O=C1NC(=O)N(c2ccc(Cl)cc2)C(=O)/C1=C/c1c(OCc2ccccc2Br)ccc2ccccc12. The van der Waals surface area contributed by atoms with Gasteiger partial charge in [-0.15, -0.1) is 0 Å². The monoisotopic (exact) mass is 560 g/mol. The van der Waals surface area contributed by atoms with Crippen molar-refractivity contribution in [3.63, 3.8) is 0 Å². The van der Waals surface area contributed by atoms with E-state index >= 15 is 0 Å². The molecule has 8 heteroatoms. The molecule has 0 saturated carbocycles. The smallest absolute Gasteiger partial charge is 0.335 e. The molecule has 4 amide bonds. The Kier molecular flexibility index (Phi) is 6.59. The summed E-state index contributed by atoms with van der Waals surface area (Å²) in [5.74, 6) is -1.02. The van der Waals surface area contributed by atoms with Gasteiger partial charge in [-0.3, -0.25) is 14.9 Å². The van der Waals surface area contributed by atoms with Crippen LogP contribution in [0.5, 0.6) is 5.75 Å². The molecule has 6 nitrogen and oxygen atoms in total. The molecule has 5 rings (SSSR count). The number of fused-ring (bicyclic) bond motifs is 1. The van der Waals surface area contributed by atoms with Crippen molar-refractivity contribution in [1.29, 1.82) is 0 Å². The fourth-order valence-corrected chi connectivity index (χ4v) is 4.47. The van der Waals surface area contributed by atoms with Crippen LogP contribution in [0.1, 0.15) is 11.1 Å². The van der Waals surface area contributed by atoms with Gasteiger partial charge in [0.1, 0.15) is 17.9 Å². The zero-order chi connectivity index (χ0) is 25.2. The first kappa shape index (κ1) is 23.8. The van der Waals surface area contributed by atoms with Crippen LogP contribution in [0.3, 0.4) is 0 Å². The Morgan fingerprint density at radius 3 is 2.39 bits per heavy atom. The minimum absolute atomic E-state index is 0.188. The number of benzene rings is 4. The van der Waals surface area contributed by atoms with Crippen LogP contribution >= 0.6 is 27.5 Å². The predicted octanol–water partition coefficient (Wildman–Crippen LogP) is 6.50. The van der Waals surface area contributed by atoms with Crippen LogP contribution in [0, 0.1) is 0 Å². The maximum atomic E-state index is 13.4. The first-order chi connectivity index (χ1) is 17.4. The Hall–Kier alpha value is -3.94. The molecule has 0 radical (unpaired) electrons. The maximum Gasteiger partial charge on any atom is 0.335 e. The fourth-order valence-electron chi connectivity index (χ4n) is 3.95. The molecule has 1 heterocycles. The molecule has 1 N–H and O–H groups in total. The Bertz CT molecular complexity index is 1550. The second kappa shape index (κ2) is 9.97. The number of barbiturate groups is 1. The normalized spacial score (nSPS) is 14.9. The first-order valence-electron chi connectivity index (χ1n) is 11.0. The average molecular weight is 562 g/mol. The van der Waals surface area contributed by atoms with Crippen LogP contribution in [0.15, 0.2) is 95.0 Å². The van der Waals surface area contributed by atoms with Gasteiger partial charge in [0.2, 0.25) is 0 Å². The lowest BCUT2D eigenvalue weighted by atomic mass is 9.99. The van der Waals surface area contributed by atoms with E-state index in [0.717, 1.165) is 25.7 Å². The average Bonchev–Trinajstić information content (AvgIpc) is 2.87. The van der Waals surface area contributed by atoms with Crippen molar-refractivity contribution in [2.24, 2.45) is 0 Å². The van der Waals surface area contributed by atoms with Gasteiger partial charge in [0.15, 0.2) is 0 Å². The highest BCUT2D eigenvalue weighted by Crippen LogP contribution is 2.33. The molecule has 1 fully saturated rings. The number of nitrogens with zero attached hydrogens (tertiary/aromatic N) is 1. The molecule has 36 heavy (non-hydrogen) atoms. The molecule has 4 aromatic carbocycles. The number of urea groups is 1. The Morgan fingerprint density at radius 2 is 1.61 bits per heavy atom. The van der Waals surface area contributed by atoms with E-state index in [0.29, 0.717) is 22.0 Å². The molecule has 0 atom stereocenters. The topological polar surface area (TPSA) is 75.7 Å². The van der Waals surface area contributed by atoms with Crippen molar-refractivity contribution in [3.8, 4) is 5.75 Å². The molecule has 1 aliphatic heterocycles. The van der Waals surface area contributed by atoms with Crippen LogP contribution in [-0.4, -0.2) is 17.8 Å². The summed E-state index contributed by atoms with van der Waals surface area (Å²) in [4.78, 5) is 39.7. The second-order valence-electron chi connectivity index (χ2n) is 8.01. The van der Waals surface area contributed by atoms with Gasteiger partial charge in [-0.2, -0.15) is 0 Å². The number of rotatable bonds is 5. The fraction of sp³-hybridized carbons (Fsp3) is 0.0357. The standard InChI is InChI=1S/C28H18BrClN2O4/c29-24-8-4-2-6-18(24)16-36-25-14-9-17-5-1-3-7-21(17)22(25)15-23-26(33)31-28(35)32(27(23)34)20-12-10-19(30)11-13-20/h1-15H,16H2,(H,31,33,35)/b23-15+. The lowest BCUT2D eigenvalue weighted by Crippen LogP contribution is -2.54. The number of imide groups is 2. The number of nitrogens with one attached hydrogen (secondary N) is 1. The Balaban J connectivity index is 1.59. The highest BCUT2D eigenvalue weighted by Gasteiger charge is 2.37. The van der Waals surface area contributed by atoms with E-state index in [1.54, 1.807) is 18.2 Å². The number of ether oxygens (including phenoxy) is 1. The van der Waals surface area contributed by atoms with Crippen molar-refractivity contribution < 1.29 is 19.1 Å². The van der Waals surface area contributed by atoms with E-state index in [-0.39, 0.29) is 12.2 Å². The third-order valence-electron chi connectivity index (χ3n) is 5.75. The molecular weight excluding hydrogens is 544 g/mol. The van der Waals surface area contributed by atoms with Gasteiger partial charge >= 0.3 is 6.03 Å². The Labute approximate surface area is 220 Å². The highest BCUT2D eigenvalue weighted by atomic mass is 79.9. The quantitative estimate of drug-likeness (QED) is 0.223. The molecule has 1 aliphatic rings. The molecule has 4 aromatic rings. The van der Waals surface area contributed by atoms with Crippen molar-refractivity contribution in [2.45, 2.75) is 6.61 Å². The largest absolute Gasteiger partial charge is 0.488 e. The minimum Gasteiger partial charge on any atom is -0.488 e. The number of halogens is 2. The molecule has 0 unspecified atom stereocenters. The van der Waals surface area contributed by atoms with Crippen LogP contribution in [0.25, 0.3) is 16.8 Å². The molecular formula is C28H18BrClN2O4. The summed E-state index contributed by atoms with van der Waals surface area (Å²) in [5.41, 5.74) is 1.61. The summed E-state index contributed by atoms with van der Waals surface area (Å²) in [6.45, 7) is 0.269. The van der Waals surface area contributed by atoms with Gasteiger partial charge in [-0.1, -0.05) is 76.1 Å². The number of carbonyl (C=O) groups is 3. The van der Waals surface area contributed by atoms with E-state index in [4.69, 9.17) is 16.3 Å². The van der Waals surface area contributed by atoms with E-state index < -0.39 is 17.8 Å². The number of hydrogen-bond donors (Lipinski definition) is 1. The molecule has 178 valence electrons. The highest BCUT2D eigenvalue weighted by molar-refractivity contribution is 9.10. The van der Waals surface area contributed by atoms with Crippen molar-refractivity contribution in [1.82, 2.24) is 5.32 Å². The summed E-state index contributed by atoms with van der Waals surface area (Å²) >= 11 is 9.48. The van der Waals surface area contributed by atoms with Crippen molar-refractivity contribution in [3.05, 3.63) is 111 Å². The lowest BCUT2D eigenvalue weighted by Gasteiger charge is -2.26. The van der Waals surface area contributed by atoms with Gasteiger partial charge in [0, 0.05) is 20.6 Å². The third-order valence-corrected chi connectivity index (χ3v) is 6.77. The number of amides is 4. The van der Waals surface area contributed by atoms with Gasteiger partial charge in [-0.05, 0) is 53.2 Å². The van der Waals surface area contributed by atoms with Crippen LogP contribution < -0.4 is 15.0 Å². The van der Waals surface area contributed by atoms with E-state index in [1.807, 2.05) is 54.6 Å². The summed E-state index contributed by atoms with van der Waals surface area (Å²) in [6.07, 6.45) is 1.48. The van der Waals surface area contributed by atoms with E-state index in [2.05, 4.69) is 21.2 Å². The molecule has 0 spiro atoms. The van der Waals surface area contributed by atoms with Crippen LogP contribution in [-0.2, 0) is 16.2 Å². The third kappa shape index (κ3) is 4.63. The summed E-state index contributed by atoms with van der Waals surface area (Å²) in [5, 5.41) is 4.42. The maximum absolute atomic E-state index is 13.4. The lowest BCUT2D eigenvalue weighted by molar-refractivity contribution is -0.122. The summed E-state index contributed by atoms with van der Waals surface area (Å²) < 4.78 is 7.06. The first-order valence-corrected chi connectivity index (χ1v) is 12.1.